The molecule has 22 heavy (non-hydrogen) atoms. The Hall–Kier alpha value is -2.41. The van der Waals surface area contributed by atoms with Crippen molar-refractivity contribution in [1.29, 1.82) is 5.26 Å². The van der Waals surface area contributed by atoms with Crippen molar-refractivity contribution in [2.75, 3.05) is 0 Å². The lowest BCUT2D eigenvalue weighted by molar-refractivity contribution is -0.390. The maximum Gasteiger partial charge on any atom is 0.303 e. The van der Waals surface area contributed by atoms with E-state index >= 15 is 0 Å². The number of hydrogen-bond donors (Lipinski definition) is 1. The van der Waals surface area contributed by atoms with Crippen LogP contribution in [0.2, 0.25) is 0 Å². The number of nitrogens with two attached hydrogens (primary N) is 1. The summed E-state index contributed by atoms with van der Waals surface area (Å²) in [6.07, 6.45) is 0. The number of benzene rings is 2. The zero-order valence-corrected chi connectivity index (χ0v) is 12.6. The third kappa shape index (κ3) is 3.43. The maximum absolute atomic E-state index is 11.5. The van der Waals surface area contributed by atoms with Crippen molar-refractivity contribution in [3.63, 3.8) is 0 Å². The van der Waals surface area contributed by atoms with E-state index in [-0.39, 0.29) is 4.90 Å². The van der Waals surface area contributed by atoms with Gasteiger partial charge in [-0.1, -0.05) is 23.9 Å². The van der Waals surface area contributed by atoms with Crippen LogP contribution in [0.4, 0.5) is 5.69 Å². The topological polar surface area (TPSA) is 127 Å². The molecule has 2 aromatic rings. The summed E-state index contributed by atoms with van der Waals surface area (Å²) in [5, 5.41) is 25.1. The number of sulfonamides is 1. The van der Waals surface area contributed by atoms with Gasteiger partial charge < -0.3 is 0 Å². The summed E-state index contributed by atoms with van der Waals surface area (Å²) in [7, 11) is -4.21. The van der Waals surface area contributed by atoms with Gasteiger partial charge in [0.05, 0.1) is 21.5 Å². The first-order valence-corrected chi connectivity index (χ1v) is 8.17. The normalized spacial score (nSPS) is 10.9. The standard InChI is InChI=1S/C13H9N3O4S2/c14-8-9-3-1-4-10(7-9)21-11-5-2-6-12(22(15,19)20)13(11)16(17)18/h1-7H,(H2,15,19,20). The van der Waals surface area contributed by atoms with E-state index < -0.39 is 25.5 Å². The predicted octanol–water partition coefficient (Wildman–Crippen LogP) is 2.27. The van der Waals surface area contributed by atoms with Gasteiger partial charge >= 0.3 is 5.69 Å². The van der Waals surface area contributed by atoms with Gasteiger partial charge in [0.25, 0.3) is 0 Å². The zero-order valence-electron chi connectivity index (χ0n) is 11.0. The first-order chi connectivity index (χ1) is 10.3. The molecule has 0 unspecified atom stereocenters. The molecule has 0 amide bonds. The van der Waals surface area contributed by atoms with E-state index in [9.17, 15) is 18.5 Å². The molecule has 0 saturated heterocycles. The highest BCUT2D eigenvalue weighted by Gasteiger charge is 2.27. The lowest BCUT2D eigenvalue weighted by atomic mass is 10.2. The molecule has 0 atom stereocenters. The van der Waals surface area contributed by atoms with E-state index in [1.54, 1.807) is 24.3 Å². The smallest absolute Gasteiger partial charge is 0.258 e. The summed E-state index contributed by atoms with van der Waals surface area (Å²) < 4.78 is 23.0. The van der Waals surface area contributed by atoms with Gasteiger partial charge in [-0.15, -0.1) is 0 Å². The molecule has 0 saturated carbocycles. The van der Waals surface area contributed by atoms with Crippen LogP contribution in [0.15, 0.2) is 57.2 Å². The first-order valence-electron chi connectivity index (χ1n) is 5.81. The van der Waals surface area contributed by atoms with Gasteiger partial charge in [-0.25, -0.2) is 13.6 Å². The van der Waals surface area contributed by atoms with E-state index in [0.29, 0.717) is 10.5 Å². The predicted molar refractivity (Wildman–Crippen MR) is 79.7 cm³/mol. The number of nitriles is 1. The SMILES string of the molecule is N#Cc1cccc(Sc2cccc(S(N)(=O)=O)c2[N+](=O)[O-])c1. The molecule has 0 aliphatic carbocycles. The molecular formula is C13H9N3O4S2. The minimum absolute atomic E-state index is 0.131. The summed E-state index contributed by atoms with van der Waals surface area (Å²) in [4.78, 5) is 10.6. The molecule has 112 valence electrons. The molecule has 0 aliphatic heterocycles. The average Bonchev–Trinajstić information content (AvgIpc) is 2.46. The van der Waals surface area contributed by atoms with Crippen LogP contribution in [-0.2, 0) is 10.0 Å². The van der Waals surface area contributed by atoms with Crippen molar-refractivity contribution in [1.82, 2.24) is 0 Å². The van der Waals surface area contributed by atoms with Crippen LogP contribution in [-0.4, -0.2) is 13.3 Å². The second-order valence-electron chi connectivity index (χ2n) is 4.15. The van der Waals surface area contributed by atoms with Gasteiger partial charge in [0, 0.05) is 4.90 Å². The Labute approximate surface area is 130 Å². The van der Waals surface area contributed by atoms with Crippen LogP contribution >= 0.6 is 11.8 Å². The van der Waals surface area contributed by atoms with Gasteiger partial charge in [-0.05, 0) is 30.3 Å². The Morgan fingerprint density at radius 1 is 1.23 bits per heavy atom. The average molecular weight is 335 g/mol. The highest BCUT2D eigenvalue weighted by atomic mass is 32.2. The number of nitrogens with zero attached hydrogens (tertiary/aromatic N) is 2. The van der Waals surface area contributed by atoms with Gasteiger partial charge in [-0.2, -0.15) is 5.26 Å². The number of primary sulfonamides is 1. The molecule has 0 aromatic heterocycles. The highest BCUT2D eigenvalue weighted by molar-refractivity contribution is 7.99. The van der Waals surface area contributed by atoms with Crippen molar-refractivity contribution >= 4 is 27.5 Å². The molecule has 0 heterocycles. The number of nitro benzene ring substituents is 1. The number of para-hydroxylation sites is 1. The summed E-state index contributed by atoms with van der Waals surface area (Å²) in [5.41, 5.74) is -0.174. The Morgan fingerprint density at radius 3 is 2.50 bits per heavy atom. The monoisotopic (exact) mass is 335 g/mol. The van der Waals surface area contributed by atoms with Gasteiger partial charge in [0.2, 0.25) is 10.0 Å². The second kappa shape index (κ2) is 6.15. The van der Waals surface area contributed by atoms with E-state index in [0.717, 1.165) is 17.8 Å². The molecule has 0 bridgehead atoms. The lowest BCUT2D eigenvalue weighted by Gasteiger charge is -2.06. The molecule has 0 aliphatic rings. The summed E-state index contributed by atoms with van der Waals surface area (Å²) >= 11 is 0.990. The van der Waals surface area contributed by atoms with E-state index in [1.807, 2.05) is 6.07 Å². The fraction of sp³-hybridized carbons (Fsp3) is 0. The summed E-state index contributed by atoms with van der Waals surface area (Å²) in [6, 6.07) is 12.3. The molecule has 2 aromatic carbocycles. The van der Waals surface area contributed by atoms with Crippen LogP contribution in [0.5, 0.6) is 0 Å². The molecule has 0 radical (unpaired) electrons. The van der Waals surface area contributed by atoms with Crippen molar-refractivity contribution in [2.24, 2.45) is 5.14 Å². The van der Waals surface area contributed by atoms with E-state index in [2.05, 4.69) is 0 Å². The molecule has 9 heteroatoms. The van der Waals surface area contributed by atoms with Crippen LogP contribution in [0, 0.1) is 21.4 Å². The molecule has 2 rings (SSSR count). The fourth-order valence-corrected chi connectivity index (χ4v) is 3.55. The maximum atomic E-state index is 11.5. The molecule has 7 nitrogen and oxygen atoms in total. The molecular weight excluding hydrogens is 326 g/mol. The van der Waals surface area contributed by atoms with Crippen molar-refractivity contribution in [2.45, 2.75) is 14.7 Å². The largest absolute Gasteiger partial charge is 0.303 e. The number of nitro groups is 1. The first kappa shape index (κ1) is 16.0. The third-order valence-electron chi connectivity index (χ3n) is 2.64. The number of rotatable bonds is 4. The molecule has 2 N–H and O–H groups in total. The van der Waals surface area contributed by atoms with Crippen LogP contribution < -0.4 is 5.14 Å². The fourth-order valence-electron chi connectivity index (χ4n) is 1.75. The quantitative estimate of drug-likeness (QED) is 0.674. The highest BCUT2D eigenvalue weighted by Crippen LogP contribution is 2.38. The Kier molecular flexibility index (Phi) is 4.46. The third-order valence-corrected chi connectivity index (χ3v) is 4.62. The summed E-state index contributed by atoms with van der Waals surface area (Å²) in [5.74, 6) is 0. The second-order valence-corrected chi connectivity index (χ2v) is 6.79. The van der Waals surface area contributed by atoms with Gasteiger partial charge in [0.1, 0.15) is 0 Å². The number of hydrogen-bond acceptors (Lipinski definition) is 6. The van der Waals surface area contributed by atoms with Crippen molar-refractivity contribution in [3.8, 4) is 6.07 Å². The van der Waals surface area contributed by atoms with Crippen molar-refractivity contribution in [3.05, 3.63) is 58.1 Å². The summed E-state index contributed by atoms with van der Waals surface area (Å²) in [6.45, 7) is 0. The van der Waals surface area contributed by atoms with Crippen LogP contribution in [0.1, 0.15) is 5.56 Å². The molecule has 0 fully saturated rings. The Balaban J connectivity index is 2.56. The van der Waals surface area contributed by atoms with E-state index in [4.69, 9.17) is 10.4 Å². The van der Waals surface area contributed by atoms with Gasteiger partial charge in [-0.3, -0.25) is 10.1 Å². The minimum Gasteiger partial charge on any atom is -0.258 e. The van der Waals surface area contributed by atoms with E-state index in [1.165, 1.54) is 12.1 Å². The Morgan fingerprint density at radius 2 is 1.91 bits per heavy atom. The lowest BCUT2D eigenvalue weighted by Crippen LogP contribution is -2.14. The minimum atomic E-state index is -4.21. The van der Waals surface area contributed by atoms with Crippen LogP contribution in [0.25, 0.3) is 0 Å². The van der Waals surface area contributed by atoms with Gasteiger partial charge in [0.15, 0.2) is 4.90 Å². The van der Waals surface area contributed by atoms with Crippen molar-refractivity contribution < 1.29 is 13.3 Å². The Bertz CT molecular complexity index is 888. The van der Waals surface area contributed by atoms with Crippen LogP contribution in [0.3, 0.4) is 0 Å². The molecule has 0 spiro atoms. The zero-order chi connectivity index (χ0) is 16.3.